The molecule has 1 aromatic carbocycles. The summed E-state index contributed by atoms with van der Waals surface area (Å²) in [6, 6.07) is 5.36. The van der Waals surface area contributed by atoms with Gasteiger partial charge in [0.25, 0.3) is 5.69 Å². The van der Waals surface area contributed by atoms with E-state index in [9.17, 15) is 19.7 Å². The predicted molar refractivity (Wildman–Crippen MR) is 92.3 cm³/mol. The molecule has 1 N–H and O–H groups in total. The second-order valence-corrected chi connectivity index (χ2v) is 7.37. The first-order valence-corrected chi connectivity index (χ1v) is 8.90. The van der Waals surface area contributed by atoms with Gasteiger partial charge in [-0.1, -0.05) is 12.1 Å². The Bertz CT molecular complexity index is 680. The van der Waals surface area contributed by atoms with Crippen molar-refractivity contribution in [3.63, 3.8) is 0 Å². The molecule has 2 rings (SSSR count). The van der Waals surface area contributed by atoms with E-state index in [0.717, 1.165) is 15.7 Å². The number of nitrogens with one attached hydrogen (secondary N) is 1. The molecule has 8 heteroatoms. The van der Waals surface area contributed by atoms with Gasteiger partial charge in [0, 0.05) is 34.3 Å². The summed E-state index contributed by atoms with van der Waals surface area (Å²) in [5.41, 5.74) is 0.624. The Balaban J connectivity index is 2.61. The standard InChI is InChI=1S/C15H16N2O4S2/c1-9(18)13(15-22-7-8-23-15)14(16-10(2)19)11-5-3-4-6-12(11)17(20)21/h3-6,14H,7-8H2,1-2H3,(H,16,19). The molecule has 0 radical (unpaired) electrons. The first-order chi connectivity index (χ1) is 10.9. The highest BCUT2D eigenvalue weighted by Gasteiger charge is 2.31. The topological polar surface area (TPSA) is 89.3 Å². The number of nitro groups is 1. The Kier molecular flexibility index (Phi) is 5.84. The van der Waals surface area contributed by atoms with E-state index in [1.807, 2.05) is 0 Å². The summed E-state index contributed by atoms with van der Waals surface area (Å²) in [6.45, 7) is 2.75. The molecule has 0 saturated carbocycles. The molecule has 0 spiro atoms. The minimum atomic E-state index is -0.820. The Morgan fingerprint density at radius 1 is 1.22 bits per heavy atom. The third-order valence-corrected chi connectivity index (χ3v) is 5.98. The quantitative estimate of drug-likeness (QED) is 0.498. The zero-order chi connectivity index (χ0) is 17.0. The number of hydrogen-bond acceptors (Lipinski definition) is 6. The van der Waals surface area contributed by atoms with Crippen LogP contribution < -0.4 is 5.32 Å². The molecule has 1 amide bonds. The van der Waals surface area contributed by atoms with Crippen LogP contribution in [0.5, 0.6) is 0 Å². The largest absolute Gasteiger partial charge is 0.345 e. The van der Waals surface area contributed by atoms with Crippen molar-refractivity contribution < 1.29 is 14.5 Å². The van der Waals surface area contributed by atoms with Gasteiger partial charge in [-0.15, -0.1) is 23.5 Å². The molecular weight excluding hydrogens is 336 g/mol. The predicted octanol–water partition coefficient (Wildman–Crippen LogP) is 3.05. The Morgan fingerprint density at radius 3 is 2.35 bits per heavy atom. The first-order valence-electron chi connectivity index (χ1n) is 6.93. The van der Waals surface area contributed by atoms with Crippen molar-refractivity contribution in [2.45, 2.75) is 19.9 Å². The maximum atomic E-state index is 12.2. The number of nitrogens with zero attached hydrogens (tertiary/aromatic N) is 1. The van der Waals surface area contributed by atoms with Crippen molar-refractivity contribution in [3.05, 3.63) is 49.8 Å². The molecular formula is C15H16N2O4S2. The molecule has 1 aromatic rings. The zero-order valence-electron chi connectivity index (χ0n) is 12.7. The van der Waals surface area contributed by atoms with Gasteiger partial charge in [-0.05, 0) is 13.0 Å². The average Bonchev–Trinajstić information content (AvgIpc) is 2.99. The second-order valence-electron chi connectivity index (χ2n) is 4.90. The lowest BCUT2D eigenvalue weighted by Gasteiger charge is -2.21. The van der Waals surface area contributed by atoms with Crippen molar-refractivity contribution in [1.29, 1.82) is 0 Å². The number of nitro benzene ring substituents is 1. The van der Waals surface area contributed by atoms with Gasteiger partial charge >= 0.3 is 0 Å². The van der Waals surface area contributed by atoms with Gasteiger partial charge in [-0.3, -0.25) is 19.7 Å². The lowest BCUT2D eigenvalue weighted by atomic mass is 9.95. The normalized spacial score (nSPS) is 15.1. The number of para-hydroxylation sites is 1. The van der Waals surface area contributed by atoms with Crippen LogP contribution in [0.3, 0.4) is 0 Å². The fraction of sp³-hybridized carbons (Fsp3) is 0.333. The van der Waals surface area contributed by atoms with Crippen LogP contribution in [0.4, 0.5) is 5.69 Å². The van der Waals surface area contributed by atoms with Gasteiger partial charge in [0.2, 0.25) is 5.91 Å². The number of carbonyl (C=O) groups excluding carboxylic acids is 2. The van der Waals surface area contributed by atoms with Crippen LogP contribution in [-0.2, 0) is 9.59 Å². The molecule has 1 aliphatic heterocycles. The molecule has 0 bridgehead atoms. The number of thioether (sulfide) groups is 2. The lowest BCUT2D eigenvalue weighted by Crippen LogP contribution is -2.30. The minimum Gasteiger partial charge on any atom is -0.345 e. The van der Waals surface area contributed by atoms with Crippen LogP contribution in [0.1, 0.15) is 25.5 Å². The molecule has 1 saturated heterocycles. The van der Waals surface area contributed by atoms with E-state index in [4.69, 9.17) is 0 Å². The molecule has 0 aromatic heterocycles. The summed E-state index contributed by atoms with van der Waals surface area (Å²) in [5.74, 6) is 1.21. The van der Waals surface area contributed by atoms with E-state index >= 15 is 0 Å². The third-order valence-electron chi connectivity index (χ3n) is 3.23. The maximum Gasteiger partial charge on any atom is 0.275 e. The van der Waals surface area contributed by atoms with Crippen LogP contribution in [0.15, 0.2) is 34.1 Å². The van der Waals surface area contributed by atoms with Gasteiger partial charge < -0.3 is 5.32 Å². The van der Waals surface area contributed by atoms with E-state index in [1.165, 1.54) is 19.9 Å². The van der Waals surface area contributed by atoms with E-state index in [-0.39, 0.29) is 17.4 Å². The van der Waals surface area contributed by atoms with Crippen molar-refractivity contribution in [3.8, 4) is 0 Å². The molecule has 1 heterocycles. The highest BCUT2D eigenvalue weighted by atomic mass is 32.2. The summed E-state index contributed by atoms with van der Waals surface area (Å²) in [4.78, 5) is 34.6. The molecule has 6 nitrogen and oxygen atoms in total. The number of benzene rings is 1. The fourth-order valence-corrected chi connectivity index (χ4v) is 5.04. The molecule has 23 heavy (non-hydrogen) atoms. The zero-order valence-corrected chi connectivity index (χ0v) is 14.3. The van der Waals surface area contributed by atoms with E-state index < -0.39 is 11.0 Å². The fourth-order valence-electron chi connectivity index (χ4n) is 2.34. The summed E-state index contributed by atoms with van der Waals surface area (Å²) in [7, 11) is 0. The van der Waals surface area contributed by atoms with E-state index in [2.05, 4.69) is 5.32 Å². The van der Waals surface area contributed by atoms with Gasteiger partial charge in [0.05, 0.1) is 16.5 Å². The number of rotatable bonds is 5. The Labute approximate surface area is 142 Å². The molecule has 1 fully saturated rings. The number of ketones is 1. The summed E-state index contributed by atoms with van der Waals surface area (Å²) < 4.78 is 0.828. The van der Waals surface area contributed by atoms with Crippen molar-refractivity contribution >= 4 is 40.9 Å². The molecule has 122 valence electrons. The summed E-state index contributed by atoms with van der Waals surface area (Å²) in [6.07, 6.45) is 0. The van der Waals surface area contributed by atoms with E-state index in [0.29, 0.717) is 11.1 Å². The highest BCUT2D eigenvalue weighted by molar-refractivity contribution is 8.25. The molecule has 1 atom stereocenters. The van der Waals surface area contributed by atoms with Gasteiger partial charge in [-0.25, -0.2) is 0 Å². The number of carbonyl (C=O) groups is 2. The summed E-state index contributed by atoms with van der Waals surface area (Å²) >= 11 is 3.09. The smallest absolute Gasteiger partial charge is 0.275 e. The highest BCUT2D eigenvalue weighted by Crippen LogP contribution is 2.43. The molecule has 0 aliphatic carbocycles. The maximum absolute atomic E-state index is 12.2. The Morgan fingerprint density at radius 2 is 1.83 bits per heavy atom. The van der Waals surface area contributed by atoms with Crippen LogP contribution in [0.25, 0.3) is 0 Å². The van der Waals surface area contributed by atoms with Crippen molar-refractivity contribution in [2.75, 3.05) is 11.5 Å². The van der Waals surface area contributed by atoms with Gasteiger partial charge in [0.1, 0.15) is 0 Å². The second kappa shape index (κ2) is 7.65. The number of amides is 1. The van der Waals surface area contributed by atoms with Gasteiger partial charge in [0.15, 0.2) is 5.78 Å². The van der Waals surface area contributed by atoms with Crippen molar-refractivity contribution in [2.24, 2.45) is 0 Å². The minimum absolute atomic E-state index is 0.112. The lowest BCUT2D eigenvalue weighted by molar-refractivity contribution is -0.385. The Hall–Kier alpha value is -1.80. The number of Topliss-reactive ketones (excluding diaryl/α,β-unsaturated/α-hetero) is 1. The summed E-state index contributed by atoms with van der Waals surface area (Å²) in [5, 5.41) is 14.0. The van der Waals surface area contributed by atoms with Crippen LogP contribution >= 0.6 is 23.5 Å². The van der Waals surface area contributed by atoms with Crippen LogP contribution in [0, 0.1) is 10.1 Å². The van der Waals surface area contributed by atoms with Crippen molar-refractivity contribution in [1.82, 2.24) is 5.32 Å². The average molecular weight is 352 g/mol. The monoisotopic (exact) mass is 352 g/mol. The first kappa shape index (κ1) is 17.6. The third kappa shape index (κ3) is 4.14. The van der Waals surface area contributed by atoms with Crippen LogP contribution in [-0.4, -0.2) is 28.1 Å². The van der Waals surface area contributed by atoms with Crippen LogP contribution in [0.2, 0.25) is 0 Å². The van der Waals surface area contributed by atoms with E-state index in [1.54, 1.807) is 41.7 Å². The van der Waals surface area contributed by atoms with Gasteiger partial charge in [-0.2, -0.15) is 0 Å². The SMILES string of the molecule is CC(=O)NC(C(C(C)=O)=C1SCCS1)c1ccccc1[N+](=O)[O-]. The molecule has 1 aliphatic rings. The molecule has 1 unspecified atom stereocenters. The number of hydrogen-bond donors (Lipinski definition) is 1.